The summed E-state index contributed by atoms with van der Waals surface area (Å²) in [6.07, 6.45) is 4.11. The molecule has 0 saturated carbocycles. The van der Waals surface area contributed by atoms with Crippen molar-refractivity contribution in [2.24, 2.45) is 0 Å². The molecule has 1 aliphatic heterocycles. The van der Waals surface area contributed by atoms with Crippen molar-refractivity contribution < 1.29 is 14.3 Å². The summed E-state index contributed by atoms with van der Waals surface area (Å²) in [7, 11) is 1.77. The van der Waals surface area contributed by atoms with Gasteiger partial charge in [0.1, 0.15) is 0 Å². The molecule has 0 bridgehead atoms. The summed E-state index contributed by atoms with van der Waals surface area (Å²) in [6.45, 7) is 11.8. The average molecular weight is 435 g/mol. The fourth-order valence-electron chi connectivity index (χ4n) is 3.67. The second-order valence-electron chi connectivity index (χ2n) is 7.31. The van der Waals surface area contributed by atoms with Gasteiger partial charge in [-0.2, -0.15) is 0 Å². The number of halogens is 1. The van der Waals surface area contributed by atoms with E-state index < -0.39 is 0 Å². The van der Waals surface area contributed by atoms with Gasteiger partial charge in [0.25, 0.3) is 0 Å². The number of fused-ring (bicyclic) bond motifs is 1. The van der Waals surface area contributed by atoms with Gasteiger partial charge in [-0.3, -0.25) is 0 Å². The molecule has 2 aromatic heterocycles. The molecule has 6 heteroatoms. The van der Waals surface area contributed by atoms with E-state index in [0.29, 0.717) is 11.7 Å². The van der Waals surface area contributed by atoms with Crippen LogP contribution in [0.25, 0.3) is 11.2 Å². The summed E-state index contributed by atoms with van der Waals surface area (Å²) in [6, 6.07) is 3.89. The minimum atomic E-state index is -0.297. The predicted molar refractivity (Wildman–Crippen MR) is 111 cm³/mol. The third-order valence-corrected chi connectivity index (χ3v) is 5.54. The molecule has 1 fully saturated rings. The van der Waals surface area contributed by atoms with E-state index in [2.05, 4.69) is 31.8 Å². The highest BCUT2D eigenvalue weighted by atomic mass is 79.9. The SMILES string of the molecule is C=C(c1c(C)c(C(=O)OC(C)C)cc2cc(Br)cn12)N1CCC(OC)CC1. The molecular weight excluding hydrogens is 408 g/mol. The molecule has 0 radical (unpaired) electrons. The number of nitrogens with zero attached hydrogens (tertiary/aromatic N) is 2. The van der Waals surface area contributed by atoms with Gasteiger partial charge in [-0.1, -0.05) is 6.58 Å². The summed E-state index contributed by atoms with van der Waals surface area (Å²) in [4.78, 5) is 14.9. The number of piperidine rings is 1. The molecule has 5 nitrogen and oxygen atoms in total. The van der Waals surface area contributed by atoms with E-state index in [9.17, 15) is 4.79 Å². The van der Waals surface area contributed by atoms with Crippen molar-refractivity contribution in [2.45, 2.75) is 45.8 Å². The summed E-state index contributed by atoms with van der Waals surface area (Å²) in [5, 5.41) is 0. The van der Waals surface area contributed by atoms with Crippen molar-refractivity contribution >= 4 is 33.1 Å². The molecule has 2 aromatic rings. The van der Waals surface area contributed by atoms with Crippen molar-refractivity contribution in [3.63, 3.8) is 0 Å². The lowest BCUT2D eigenvalue weighted by molar-refractivity contribution is 0.0377. The number of esters is 1. The Morgan fingerprint density at radius 2 is 1.96 bits per heavy atom. The first-order valence-corrected chi connectivity index (χ1v) is 10.1. The van der Waals surface area contributed by atoms with Gasteiger partial charge in [-0.05, 0) is 67.2 Å². The zero-order chi connectivity index (χ0) is 19.7. The number of pyridine rings is 1. The molecule has 0 aromatic carbocycles. The molecule has 1 aliphatic rings. The van der Waals surface area contributed by atoms with E-state index in [4.69, 9.17) is 9.47 Å². The van der Waals surface area contributed by atoms with Crippen molar-refractivity contribution in [3.05, 3.63) is 46.2 Å². The van der Waals surface area contributed by atoms with E-state index in [1.807, 2.05) is 39.1 Å². The fourth-order valence-corrected chi connectivity index (χ4v) is 4.11. The average Bonchev–Trinajstić information content (AvgIpc) is 2.99. The monoisotopic (exact) mass is 434 g/mol. The Balaban J connectivity index is 2.03. The standard InChI is InChI=1S/C21H27BrN2O3/c1-13(2)27-21(25)19-11-17-10-16(22)12-24(17)20(14(19)3)15(4)23-8-6-18(26-5)7-9-23/h10-13,18H,4,6-9H2,1-3,5H3. The fraction of sp³-hybridized carbons (Fsp3) is 0.476. The van der Waals surface area contributed by atoms with Gasteiger partial charge in [-0.15, -0.1) is 0 Å². The minimum Gasteiger partial charge on any atom is -0.459 e. The first-order chi connectivity index (χ1) is 12.8. The van der Waals surface area contributed by atoms with Gasteiger partial charge < -0.3 is 18.8 Å². The summed E-state index contributed by atoms with van der Waals surface area (Å²) in [5.41, 5.74) is 4.28. The summed E-state index contributed by atoms with van der Waals surface area (Å²) >= 11 is 3.55. The van der Waals surface area contributed by atoms with Crippen molar-refractivity contribution in [2.75, 3.05) is 20.2 Å². The number of hydrogen-bond acceptors (Lipinski definition) is 4. The van der Waals surface area contributed by atoms with Gasteiger partial charge in [0.05, 0.1) is 29.2 Å². The zero-order valence-corrected chi connectivity index (χ0v) is 18.0. The predicted octanol–water partition coefficient (Wildman–Crippen LogP) is 4.66. The lowest BCUT2D eigenvalue weighted by Crippen LogP contribution is -2.35. The van der Waals surface area contributed by atoms with Gasteiger partial charge >= 0.3 is 5.97 Å². The van der Waals surface area contributed by atoms with Crippen LogP contribution in [0.4, 0.5) is 0 Å². The van der Waals surface area contributed by atoms with Crippen LogP contribution in [0.5, 0.6) is 0 Å². The maximum Gasteiger partial charge on any atom is 0.338 e. The largest absolute Gasteiger partial charge is 0.459 e. The molecule has 0 N–H and O–H groups in total. The second kappa shape index (κ2) is 8.07. The van der Waals surface area contributed by atoms with Crippen LogP contribution in [-0.4, -0.2) is 47.7 Å². The van der Waals surface area contributed by atoms with E-state index >= 15 is 0 Å². The zero-order valence-electron chi connectivity index (χ0n) is 16.4. The third-order valence-electron chi connectivity index (χ3n) is 5.10. The molecule has 0 unspecified atom stereocenters. The first kappa shape index (κ1) is 20.0. The minimum absolute atomic E-state index is 0.161. The van der Waals surface area contributed by atoms with Crippen LogP contribution in [0.15, 0.2) is 29.4 Å². The quantitative estimate of drug-likeness (QED) is 0.641. The van der Waals surface area contributed by atoms with E-state index in [1.165, 1.54) is 0 Å². The summed E-state index contributed by atoms with van der Waals surface area (Å²) < 4.78 is 14.0. The Morgan fingerprint density at radius 3 is 2.56 bits per heavy atom. The number of ether oxygens (including phenoxy) is 2. The Labute approximate surface area is 169 Å². The number of hydrogen-bond donors (Lipinski definition) is 0. The molecule has 146 valence electrons. The number of carbonyl (C=O) groups is 1. The number of methoxy groups -OCH3 is 1. The highest BCUT2D eigenvalue weighted by Gasteiger charge is 2.25. The van der Waals surface area contributed by atoms with Crippen LogP contribution < -0.4 is 0 Å². The Hall–Kier alpha value is -1.79. The van der Waals surface area contributed by atoms with E-state index in [0.717, 1.165) is 52.9 Å². The molecule has 1 saturated heterocycles. The summed E-state index contributed by atoms with van der Waals surface area (Å²) in [5.74, 6) is -0.297. The van der Waals surface area contributed by atoms with Gasteiger partial charge in [0, 0.05) is 36.4 Å². The molecule has 3 heterocycles. The topological polar surface area (TPSA) is 43.2 Å². The number of likely N-dealkylation sites (tertiary alicyclic amines) is 1. The van der Waals surface area contributed by atoms with Crippen molar-refractivity contribution in [3.8, 4) is 0 Å². The maximum atomic E-state index is 12.7. The van der Waals surface area contributed by atoms with E-state index in [-0.39, 0.29) is 12.1 Å². The molecule has 0 aliphatic carbocycles. The van der Waals surface area contributed by atoms with Crippen LogP contribution in [0.1, 0.15) is 48.3 Å². The van der Waals surface area contributed by atoms with Crippen LogP contribution in [0, 0.1) is 6.92 Å². The highest BCUT2D eigenvalue weighted by molar-refractivity contribution is 9.10. The molecule has 0 amide bonds. The normalized spacial score (nSPS) is 15.6. The van der Waals surface area contributed by atoms with Crippen LogP contribution in [0.3, 0.4) is 0 Å². The molecule has 0 atom stereocenters. The van der Waals surface area contributed by atoms with Gasteiger partial charge in [-0.25, -0.2) is 4.79 Å². The number of rotatable bonds is 5. The second-order valence-corrected chi connectivity index (χ2v) is 8.22. The molecule has 27 heavy (non-hydrogen) atoms. The highest BCUT2D eigenvalue weighted by Crippen LogP contribution is 2.31. The van der Waals surface area contributed by atoms with E-state index in [1.54, 1.807) is 7.11 Å². The van der Waals surface area contributed by atoms with Gasteiger partial charge in [0.2, 0.25) is 0 Å². The Kier molecular flexibility index (Phi) is 5.96. The molecule has 0 spiro atoms. The Bertz CT molecular complexity index is 864. The smallest absolute Gasteiger partial charge is 0.338 e. The molecular formula is C21H27BrN2O3. The van der Waals surface area contributed by atoms with Crippen molar-refractivity contribution in [1.29, 1.82) is 0 Å². The van der Waals surface area contributed by atoms with Crippen LogP contribution >= 0.6 is 15.9 Å². The lowest BCUT2D eigenvalue weighted by Gasteiger charge is -2.35. The Morgan fingerprint density at radius 1 is 1.30 bits per heavy atom. The van der Waals surface area contributed by atoms with Gasteiger partial charge in [0.15, 0.2) is 0 Å². The first-order valence-electron chi connectivity index (χ1n) is 9.31. The number of aromatic nitrogens is 1. The maximum absolute atomic E-state index is 12.7. The lowest BCUT2D eigenvalue weighted by atomic mass is 10.0. The van der Waals surface area contributed by atoms with Crippen LogP contribution in [-0.2, 0) is 9.47 Å². The van der Waals surface area contributed by atoms with Crippen LogP contribution in [0.2, 0.25) is 0 Å². The number of carbonyl (C=O) groups excluding carboxylic acids is 1. The molecule has 3 rings (SSSR count). The van der Waals surface area contributed by atoms with Crippen molar-refractivity contribution in [1.82, 2.24) is 9.30 Å². The third kappa shape index (κ3) is 4.06.